The number of hydrogen-bond acceptors (Lipinski definition) is 4. The second kappa shape index (κ2) is 7.59. The van der Waals surface area contributed by atoms with E-state index in [1.165, 1.54) is 21.9 Å². The van der Waals surface area contributed by atoms with Crippen LogP contribution in [0.15, 0.2) is 78.3 Å². The summed E-state index contributed by atoms with van der Waals surface area (Å²) < 4.78 is 2.98. The van der Waals surface area contributed by atoms with Crippen molar-refractivity contribution in [1.29, 1.82) is 0 Å². The van der Waals surface area contributed by atoms with Crippen molar-refractivity contribution in [3.05, 3.63) is 78.3 Å². The second-order valence-corrected chi connectivity index (χ2v) is 8.63. The third-order valence-electron chi connectivity index (χ3n) is 5.70. The Labute approximate surface area is 179 Å². The number of nitrogens with one attached hydrogen (secondary N) is 1. The van der Waals surface area contributed by atoms with Crippen molar-refractivity contribution in [3.63, 3.8) is 0 Å². The van der Waals surface area contributed by atoms with E-state index in [0.717, 1.165) is 47.4 Å². The molecule has 0 spiro atoms. The normalized spacial score (nSPS) is 14.8. The molecule has 5 heteroatoms. The third-order valence-corrected chi connectivity index (χ3v) is 6.58. The van der Waals surface area contributed by atoms with E-state index < -0.39 is 0 Å². The molecule has 0 fully saturated rings. The molecule has 1 N–H and O–H groups in total. The molecule has 0 unspecified atom stereocenters. The van der Waals surface area contributed by atoms with Crippen LogP contribution in [0, 0.1) is 0 Å². The lowest BCUT2D eigenvalue weighted by Gasteiger charge is -2.23. The summed E-state index contributed by atoms with van der Waals surface area (Å²) in [5, 5.41) is 7.95. The number of likely N-dealkylation sites (N-methyl/N-ethyl adjacent to an activating group) is 1. The van der Waals surface area contributed by atoms with Gasteiger partial charge in [0.05, 0.1) is 11.2 Å². The van der Waals surface area contributed by atoms with Crippen LogP contribution >= 0.6 is 11.3 Å². The van der Waals surface area contributed by atoms with E-state index in [2.05, 4.69) is 71.7 Å². The molecule has 0 atom stereocenters. The zero-order valence-corrected chi connectivity index (χ0v) is 17.7. The summed E-state index contributed by atoms with van der Waals surface area (Å²) >= 11 is 1.71. The van der Waals surface area contributed by atoms with Crippen molar-refractivity contribution < 1.29 is 4.79 Å². The first-order valence-electron chi connectivity index (χ1n) is 10.1. The van der Waals surface area contributed by atoms with Crippen molar-refractivity contribution in [3.8, 4) is 11.3 Å². The van der Waals surface area contributed by atoms with E-state index in [-0.39, 0.29) is 5.91 Å². The van der Waals surface area contributed by atoms with Gasteiger partial charge in [-0.2, -0.15) is 0 Å². The molecule has 150 valence electrons. The predicted molar refractivity (Wildman–Crippen MR) is 127 cm³/mol. The molecule has 30 heavy (non-hydrogen) atoms. The molecule has 0 aliphatic carbocycles. The number of carbonyl (C=O) groups excluding carboxylic acids is 1. The number of thiophene rings is 1. The summed E-state index contributed by atoms with van der Waals surface area (Å²) in [5.41, 5.74) is 5.06. The van der Waals surface area contributed by atoms with Gasteiger partial charge in [0.1, 0.15) is 0 Å². The lowest BCUT2D eigenvalue weighted by molar-refractivity contribution is 0.0976. The summed E-state index contributed by atoms with van der Waals surface area (Å²) in [4.78, 5) is 15.1. The van der Waals surface area contributed by atoms with Crippen molar-refractivity contribution in [2.75, 3.05) is 25.5 Å². The molecule has 5 rings (SSSR count). The quantitative estimate of drug-likeness (QED) is 0.418. The number of anilines is 1. The Morgan fingerprint density at radius 1 is 1.20 bits per heavy atom. The molecule has 0 saturated heterocycles. The van der Waals surface area contributed by atoms with Gasteiger partial charge < -0.3 is 10.2 Å². The maximum atomic E-state index is 12.8. The minimum Gasteiger partial charge on any atom is -0.359 e. The molecule has 0 amide bonds. The van der Waals surface area contributed by atoms with Gasteiger partial charge in [0.2, 0.25) is 0 Å². The maximum Gasteiger partial charge on any atom is 0.254 e. The van der Waals surface area contributed by atoms with Crippen LogP contribution in [0.2, 0.25) is 0 Å². The van der Waals surface area contributed by atoms with Gasteiger partial charge in [-0.25, -0.2) is 0 Å². The van der Waals surface area contributed by atoms with E-state index in [0.29, 0.717) is 0 Å². The summed E-state index contributed by atoms with van der Waals surface area (Å²) in [5.74, 6) is -0.123. The van der Waals surface area contributed by atoms with Crippen LogP contribution in [0.1, 0.15) is 11.2 Å². The number of fused-ring (bicyclic) bond motifs is 2. The van der Waals surface area contributed by atoms with Gasteiger partial charge in [-0.1, -0.05) is 30.9 Å². The topological polar surface area (TPSA) is 37.3 Å². The lowest BCUT2D eigenvalue weighted by Crippen LogP contribution is -2.25. The average molecular weight is 414 g/mol. The summed E-state index contributed by atoms with van der Waals surface area (Å²) in [6, 6.07) is 16.7. The van der Waals surface area contributed by atoms with Crippen molar-refractivity contribution in [1.82, 2.24) is 9.47 Å². The Bertz CT molecular complexity index is 1310. The van der Waals surface area contributed by atoms with Crippen LogP contribution in [0.4, 0.5) is 5.69 Å². The van der Waals surface area contributed by atoms with E-state index in [4.69, 9.17) is 0 Å². The molecule has 0 bridgehead atoms. The Balaban J connectivity index is 1.66. The van der Waals surface area contributed by atoms with E-state index in [1.807, 2.05) is 12.1 Å². The molecule has 1 aliphatic rings. The van der Waals surface area contributed by atoms with E-state index in [1.54, 1.807) is 15.9 Å². The fourth-order valence-corrected chi connectivity index (χ4v) is 4.88. The van der Waals surface area contributed by atoms with Gasteiger partial charge in [0.25, 0.3) is 5.91 Å². The lowest BCUT2D eigenvalue weighted by atomic mass is 10.1. The average Bonchev–Trinajstić information content (AvgIpc) is 3.39. The fraction of sp³-hybridized carbons (Fsp3) is 0.160. The number of allylic oxidation sites excluding steroid dienone is 1. The molecule has 0 saturated carbocycles. The number of hydrogen-bond donors (Lipinski definition) is 1. The highest BCUT2D eigenvalue weighted by Crippen LogP contribution is 2.35. The molecule has 2 aromatic carbocycles. The van der Waals surface area contributed by atoms with Gasteiger partial charge >= 0.3 is 0 Å². The molecule has 4 aromatic rings. The van der Waals surface area contributed by atoms with Crippen LogP contribution < -0.4 is 5.32 Å². The Kier molecular flexibility index (Phi) is 4.77. The van der Waals surface area contributed by atoms with Crippen molar-refractivity contribution in [2.45, 2.75) is 6.42 Å². The van der Waals surface area contributed by atoms with Crippen LogP contribution in [0.25, 0.3) is 32.2 Å². The van der Waals surface area contributed by atoms with E-state index in [9.17, 15) is 4.79 Å². The number of aromatic nitrogens is 1. The van der Waals surface area contributed by atoms with Gasteiger partial charge in [-0.15, -0.1) is 11.3 Å². The van der Waals surface area contributed by atoms with Crippen LogP contribution in [0.5, 0.6) is 0 Å². The fourth-order valence-electron chi connectivity index (χ4n) is 4.05. The smallest absolute Gasteiger partial charge is 0.254 e. The van der Waals surface area contributed by atoms with Crippen molar-refractivity contribution >= 4 is 43.9 Å². The highest BCUT2D eigenvalue weighted by atomic mass is 32.1. The summed E-state index contributed by atoms with van der Waals surface area (Å²) in [7, 11) is 2.13. The molecule has 0 radical (unpaired) electrons. The first-order chi connectivity index (χ1) is 14.6. The standard InChI is InChI=1S/C25H23N3OS/c1-3-25(29)28-22-6-4-5-21(26-19-9-12-27(2)13-10-19)20(22)16-23(28)18-8-7-17-11-14-30-24(17)15-18/h3-9,11,14-16,26H,1,10,12-13H2,2H3. The van der Waals surface area contributed by atoms with Crippen molar-refractivity contribution in [2.24, 2.45) is 0 Å². The number of rotatable bonds is 4. The van der Waals surface area contributed by atoms with Gasteiger partial charge in [-0.3, -0.25) is 9.36 Å². The van der Waals surface area contributed by atoms with Gasteiger partial charge in [0.15, 0.2) is 0 Å². The van der Waals surface area contributed by atoms with E-state index >= 15 is 0 Å². The zero-order valence-electron chi connectivity index (χ0n) is 16.9. The highest BCUT2D eigenvalue weighted by molar-refractivity contribution is 7.17. The Morgan fingerprint density at radius 3 is 2.90 bits per heavy atom. The van der Waals surface area contributed by atoms with Crippen LogP contribution in [0.3, 0.4) is 0 Å². The molecule has 3 heterocycles. The summed E-state index contributed by atoms with van der Waals surface area (Å²) in [6.07, 6.45) is 4.60. The number of benzene rings is 2. The SMILES string of the molecule is C=CC(=O)n1c(-c2ccc3ccsc3c2)cc2c(NC3=CCN(C)CC3)cccc21. The minimum atomic E-state index is -0.123. The zero-order chi connectivity index (χ0) is 20.7. The monoisotopic (exact) mass is 413 g/mol. The molecule has 1 aliphatic heterocycles. The van der Waals surface area contributed by atoms with Gasteiger partial charge in [0, 0.05) is 40.1 Å². The Hall–Kier alpha value is -3.15. The van der Waals surface area contributed by atoms with Gasteiger partial charge in [-0.05, 0) is 60.6 Å². The summed E-state index contributed by atoms with van der Waals surface area (Å²) in [6.45, 7) is 5.71. The molecule has 4 nitrogen and oxygen atoms in total. The number of carbonyl (C=O) groups is 1. The first kappa shape index (κ1) is 18.9. The second-order valence-electron chi connectivity index (χ2n) is 7.69. The Morgan fingerprint density at radius 2 is 2.10 bits per heavy atom. The third kappa shape index (κ3) is 3.26. The maximum absolute atomic E-state index is 12.8. The largest absolute Gasteiger partial charge is 0.359 e. The number of nitrogens with zero attached hydrogens (tertiary/aromatic N) is 2. The van der Waals surface area contributed by atoms with Crippen LogP contribution in [-0.2, 0) is 0 Å². The molecular weight excluding hydrogens is 390 g/mol. The molecular formula is C25H23N3OS. The van der Waals surface area contributed by atoms with Crippen LogP contribution in [-0.4, -0.2) is 35.5 Å². The predicted octanol–water partition coefficient (Wildman–Crippen LogP) is 5.98. The first-order valence-corrected chi connectivity index (χ1v) is 11.0. The minimum absolute atomic E-state index is 0.123. The molecule has 2 aromatic heterocycles. The highest BCUT2D eigenvalue weighted by Gasteiger charge is 2.18.